The van der Waals surface area contributed by atoms with Gasteiger partial charge < -0.3 is 10.2 Å². The summed E-state index contributed by atoms with van der Waals surface area (Å²) in [5.41, 5.74) is 0.681. The maximum absolute atomic E-state index is 13.7. The monoisotopic (exact) mass is 252 g/mol. The van der Waals surface area contributed by atoms with Gasteiger partial charge in [0.2, 0.25) is 0 Å². The molecule has 0 bridgehead atoms. The zero-order valence-electron chi connectivity index (χ0n) is 11.5. The molecule has 0 saturated heterocycles. The van der Waals surface area contributed by atoms with Crippen molar-refractivity contribution in [3.63, 3.8) is 0 Å². The zero-order chi connectivity index (χ0) is 13.7. The summed E-state index contributed by atoms with van der Waals surface area (Å²) in [6, 6.07) is 4.57. The van der Waals surface area contributed by atoms with E-state index in [0.29, 0.717) is 30.3 Å². The summed E-state index contributed by atoms with van der Waals surface area (Å²) < 4.78 is 13.7. The number of para-hydroxylation sites is 1. The third-order valence-electron chi connectivity index (χ3n) is 2.58. The highest BCUT2D eigenvalue weighted by Gasteiger charge is 2.18. The Hall–Kier alpha value is -1.58. The van der Waals surface area contributed by atoms with Gasteiger partial charge in [-0.15, -0.1) is 0 Å². The van der Waals surface area contributed by atoms with E-state index in [1.165, 1.54) is 6.07 Å². The number of nitrogens with one attached hydrogen (secondary N) is 1. The molecule has 0 saturated carbocycles. The van der Waals surface area contributed by atoms with Crippen molar-refractivity contribution >= 4 is 11.6 Å². The molecule has 0 aliphatic heterocycles. The van der Waals surface area contributed by atoms with Gasteiger partial charge in [-0.3, -0.25) is 4.79 Å². The van der Waals surface area contributed by atoms with Crippen LogP contribution in [0.15, 0.2) is 18.2 Å². The molecule has 0 radical (unpaired) electrons. The first-order valence-corrected chi connectivity index (χ1v) is 6.25. The molecule has 0 aromatic heterocycles. The molecule has 1 N–H and O–H groups in total. The van der Waals surface area contributed by atoms with Gasteiger partial charge in [0, 0.05) is 20.1 Å². The molecular weight excluding hydrogens is 231 g/mol. The average molecular weight is 252 g/mol. The number of rotatable bonds is 5. The molecule has 1 amide bonds. The summed E-state index contributed by atoms with van der Waals surface area (Å²) in [6.45, 7) is 7.19. The summed E-state index contributed by atoms with van der Waals surface area (Å²) in [5.74, 6) is -0.158. The molecule has 0 aliphatic rings. The van der Waals surface area contributed by atoms with Gasteiger partial charge >= 0.3 is 0 Å². The van der Waals surface area contributed by atoms with Crippen LogP contribution in [0.4, 0.5) is 10.1 Å². The first-order chi connectivity index (χ1) is 8.47. The molecule has 100 valence electrons. The van der Waals surface area contributed by atoms with Crippen LogP contribution in [0.3, 0.4) is 0 Å². The second-order valence-corrected chi connectivity index (χ2v) is 4.77. The summed E-state index contributed by atoms with van der Waals surface area (Å²) in [5, 5.41) is 2.91. The third-order valence-corrected chi connectivity index (χ3v) is 2.58. The van der Waals surface area contributed by atoms with Crippen LogP contribution in [0.5, 0.6) is 0 Å². The van der Waals surface area contributed by atoms with Crippen molar-refractivity contribution in [1.82, 2.24) is 4.90 Å². The van der Waals surface area contributed by atoms with Gasteiger partial charge in [0.25, 0.3) is 5.91 Å². The maximum Gasteiger partial charge on any atom is 0.255 e. The van der Waals surface area contributed by atoms with E-state index in [1.807, 2.05) is 20.8 Å². The van der Waals surface area contributed by atoms with Crippen molar-refractivity contribution in [2.75, 3.05) is 25.5 Å². The molecule has 1 aromatic carbocycles. The molecule has 1 aromatic rings. The number of carbonyl (C=O) groups excluding carboxylic acids is 1. The lowest BCUT2D eigenvalue weighted by atomic mass is 10.1. The van der Waals surface area contributed by atoms with Gasteiger partial charge in [-0.05, 0) is 25.0 Å². The largest absolute Gasteiger partial charge is 0.382 e. The van der Waals surface area contributed by atoms with Crippen LogP contribution in [0.2, 0.25) is 0 Å². The lowest BCUT2D eigenvalue weighted by Crippen LogP contribution is -2.31. The number of hydrogen-bond donors (Lipinski definition) is 1. The smallest absolute Gasteiger partial charge is 0.255 e. The number of amides is 1. The Balaban J connectivity index is 3.01. The minimum absolute atomic E-state index is 0.154. The van der Waals surface area contributed by atoms with Crippen molar-refractivity contribution < 1.29 is 9.18 Å². The standard InChI is InChI=1S/C14H21FN2O/c1-5-16-13-11(7-6-8-12(13)15)14(18)17(4)9-10(2)3/h6-8,10,16H,5,9H2,1-4H3. The van der Waals surface area contributed by atoms with E-state index in [-0.39, 0.29) is 11.7 Å². The van der Waals surface area contributed by atoms with E-state index in [2.05, 4.69) is 5.32 Å². The predicted molar refractivity (Wildman–Crippen MR) is 72.4 cm³/mol. The lowest BCUT2D eigenvalue weighted by molar-refractivity contribution is 0.0779. The summed E-state index contributed by atoms with van der Waals surface area (Å²) in [7, 11) is 1.74. The minimum Gasteiger partial charge on any atom is -0.382 e. The second-order valence-electron chi connectivity index (χ2n) is 4.77. The van der Waals surface area contributed by atoms with E-state index in [0.717, 1.165) is 0 Å². The minimum atomic E-state index is -0.388. The van der Waals surface area contributed by atoms with Crippen molar-refractivity contribution in [3.05, 3.63) is 29.6 Å². The van der Waals surface area contributed by atoms with Crippen LogP contribution in [-0.4, -0.2) is 30.9 Å². The Labute approximate surface area is 108 Å². The van der Waals surface area contributed by atoms with E-state index < -0.39 is 0 Å². The highest BCUT2D eigenvalue weighted by atomic mass is 19.1. The van der Waals surface area contributed by atoms with Gasteiger partial charge in [0.15, 0.2) is 0 Å². The number of halogens is 1. The number of hydrogen-bond acceptors (Lipinski definition) is 2. The van der Waals surface area contributed by atoms with Crippen LogP contribution in [-0.2, 0) is 0 Å². The summed E-state index contributed by atoms with van der Waals surface area (Å²) >= 11 is 0. The number of anilines is 1. The molecule has 0 atom stereocenters. The molecule has 0 aliphatic carbocycles. The topological polar surface area (TPSA) is 32.3 Å². The molecule has 0 unspecified atom stereocenters. The van der Waals surface area contributed by atoms with Gasteiger partial charge in [-0.25, -0.2) is 4.39 Å². The van der Waals surface area contributed by atoms with Crippen molar-refractivity contribution in [3.8, 4) is 0 Å². The number of nitrogens with zero attached hydrogens (tertiary/aromatic N) is 1. The quantitative estimate of drug-likeness (QED) is 0.873. The first kappa shape index (κ1) is 14.5. The van der Waals surface area contributed by atoms with Crippen LogP contribution < -0.4 is 5.32 Å². The highest BCUT2D eigenvalue weighted by molar-refractivity contribution is 5.99. The molecular formula is C14H21FN2O. The highest BCUT2D eigenvalue weighted by Crippen LogP contribution is 2.21. The Kier molecular flexibility index (Phi) is 5.13. The van der Waals surface area contributed by atoms with Crippen molar-refractivity contribution in [2.45, 2.75) is 20.8 Å². The van der Waals surface area contributed by atoms with Crippen LogP contribution in [0.1, 0.15) is 31.1 Å². The van der Waals surface area contributed by atoms with Crippen LogP contribution >= 0.6 is 0 Å². The maximum atomic E-state index is 13.7. The zero-order valence-corrected chi connectivity index (χ0v) is 11.5. The third kappa shape index (κ3) is 3.45. The molecule has 3 nitrogen and oxygen atoms in total. The second kappa shape index (κ2) is 6.38. The van der Waals surface area contributed by atoms with Crippen molar-refractivity contribution in [1.29, 1.82) is 0 Å². The summed E-state index contributed by atoms with van der Waals surface area (Å²) in [4.78, 5) is 13.9. The number of carbonyl (C=O) groups is 1. The molecule has 0 heterocycles. The van der Waals surface area contributed by atoms with Gasteiger partial charge in [0.05, 0.1) is 11.3 Å². The summed E-state index contributed by atoms with van der Waals surface area (Å²) in [6.07, 6.45) is 0. The Bertz CT molecular complexity index is 418. The average Bonchev–Trinajstić information content (AvgIpc) is 2.30. The van der Waals surface area contributed by atoms with Gasteiger partial charge in [-0.2, -0.15) is 0 Å². The Morgan fingerprint density at radius 3 is 2.67 bits per heavy atom. The fourth-order valence-electron chi connectivity index (χ4n) is 1.90. The first-order valence-electron chi connectivity index (χ1n) is 6.25. The molecule has 1 rings (SSSR count). The van der Waals surface area contributed by atoms with E-state index in [9.17, 15) is 9.18 Å². The fraction of sp³-hybridized carbons (Fsp3) is 0.500. The van der Waals surface area contributed by atoms with E-state index in [4.69, 9.17) is 0 Å². The molecule has 18 heavy (non-hydrogen) atoms. The van der Waals surface area contributed by atoms with Gasteiger partial charge in [-0.1, -0.05) is 19.9 Å². The van der Waals surface area contributed by atoms with Crippen molar-refractivity contribution in [2.24, 2.45) is 5.92 Å². The predicted octanol–water partition coefficient (Wildman–Crippen LogP) is 2.99. The normalized spacial score (nSPS) is 10.6. The molecule has 0 spiro atoms. The van der Waals surface area contributed by atoms with E-state index >= 15 is 0 Å². The van der Waals surface area contributed by atoms with Gasteiger partial charge in [0.1, 0.15) is 5.82 Å². The van der Waals surface area contributed by atoms with Crippen LogP contribution in [0.25, 0.3) is 0 Å². The van der Waals surface area contributed by atoms with Crippen LogP contribution in [0, 0.1) is 11.7 Å². The lowest BCUT2D eigenvalue weighted by Gasteiger charge is -2.21. The number of benzene rings is 1. The Morgan fingerprint density at radius 2 is 2.11 bits per heavy atom. The Morgan fingerprint density at radius 1 is 1.44 bits per heavy atom. The fourth-order valence-corrected chi connectivity index (χ4v) is 1.90. The SMILES string of the molecule is CCNc1c(F)cccc1C(=O)N(C)CC(C)C. The van der Waals surface area contributed by atoms with E-state index in [1.54, 1.807) is 24.1 Å². The molecule has 0 fully saturated rings. The molecule has 4 heteroatoms.